The van der Waals surface area contributed by atoms with Crippen LogP contribution in [0.5, 0.6) is 0 Å². The van der Waals surface area contributed by atoms with Crippen molar-refractivity contribution in [2.75, 3.05) is 6.54 Å². The Labute approximate surface area is 124 Å². The van der Waals surface area contributed by atoms with Gasteiger partial charge in [-0.25, -0.2) is 4.39 Å². The summed E-state index contributed by atoms with van der Waals surface area (Å²) in [4.78, 5) is 24.8. The van der Waals surface area contributed by atoms with E-state index in [0.717, 1.165) is 0 Å². The van der Waals surface area contributed by atoms with Crippen LogP contribution in [0.3, 0.4) is 0 Å². The molecule has 6 heteroatoms. The Morgan fingerprint density at radius 1 is 1.55 bits per heavy atom. The van der Waals surface area contributed by atoms with Crippen molar-refractivity contribution in [1.29, 1.82) is 0 Å². The van der Waals surface area contributed by atoms with Crippen molar-refractivity contribution < 1.29 is 19.1 Å². The van der Waals surface area contributed by atoms with E-state index in [2.05, 4.69) is 15.9 Å². The molecular weight excluding hydrogens is 329 g/mol. The van der Waals surface area contributed by atoms with E-state index < -0.39 is 23.7 Å². The van der Waals surface area contributed by atoms with Gasteiger partial charge < -0.3 is 10.0 Å². The molecule has 2 atom stereocenters. The van der Waals surface area contributed by atoms with Crippen LogP contribution in [0.15, 0.2) is 22.7 Å². The van der Waals surface area contributed by atoms with Gasteiger partial charge in [0, 0.05) is 23.0 Å². The number of carbonyl (C=O) groups excluding carboxylic acids is 1. The highest BCUT2D eigenvalue weighted by molar-refractivity contribution is 9.10. The molecule has 0 aromatic heterocycles. The minimum absolute atomic E-state index is 0.127. The van der Waals surface area contributed by atoms with Crippen molar-refractivity contribution >= 4 is 27.8 Å². The average molecular weight is 344 g/mol. The number of amides is 1. The summed E-state index contributed by atoms with van der Waals surface area (Å²) in [6, 6.07) is 3.75. The number of halogens is 2. The molecule has 0 bridgehead atoms. The number of carboxylic acid groups (broad SMARTS) is 1. The molecule has 1 aliphatic rings. The van der Waals surface area contributed by atoms with Gasteiger partial charge in [0.2, 0.25) is 5.91 Å². The number of rotatable bonds is 3. The summed E-state index contributed by atoms with van der Waals surface area (Å²) < 4.78 is 14.7. The largest absolute Gasteiger partial charge is 0.481 e. The number of piperidine rings is 1. The molecule has 20 heavy (non-hydrogen) atoms. The minimum atomic E-state index is -0.997. The monoisotopic (exact) mass is 343 g/mol. The number of carboxylic acids is 1. The van der Waals surface area contributed by atoms with Gasteiger partial charge in [0.1, 0.15) is 5.82 Å². The number of benzene rings is 1. The summed E-state index contributed by atoms with van der Waals surface area (Å²) in [7, 11) is 0. The molecule has 1 heterocycles. The third-order valence-electron chi connectivity index (χ3n) is 3.65. The zero-order chi connectivity index (χ0) is 14.9. The number of hydrogen-bond acceptors (Lipinski definition) is 2. The van der Waals surface area contributed by atoms with Crippen LogP contribution in [0.1, 0.15) is 31.4 Å². The Bertz CT molecular complexity index is 547. The molecule has 0 aliphatic carbocycles. The SMILES string of the molecule is CCN1C(=O)CCC(C(=O)O)C1c1ccc(Br)cc1F. The second-order valence-electron chi connectivity index (χ2n) is 4.77. The topological polar surface area (TPSA) is 57.6 Å². The minimum Gasteiger partial charge on any atom is -0.481 e. The molecule has 1 aromatic carbocycles. The van der Waals surface area contributed by atoms with E-state index in [-0.39, 0.29) is 24.3 Å². The number of hydrogen-bond donors (Lipinski definition) is 1. The Hall–Kier alpha value is -1.43. The zero-order valence-electron chi connectivity index (χ0n) is 11.0. The Morgan fingerprint density at radius 3 is 2.80 bits per heavy atom. The highest BCUT2D eigenvalue weighted by Gasteiger charge is 2.41. The molecule has 0 saturated carbocycles. The maximum Gasteiger partial charge on any atom is 0.308 e. The second-order valence-corrected chi connectivity index (χ2v) is 5.69. The molecule has 4 nitrogen and oxygen atoms in total. The smallest absolute Gasteiger partial charge is 0.308 e. The first-order valence-electron chi connectivity index (χ1n) is 6.43. The fourth-order valence-corrected chi connectivity index (χ4v) is 3.04. The molecule has 1 saturated heterocycles. The van der Waals surface area contributed by atoms with Crippen LogP contribution >= 0.6 is 15.9 Å². The van der Waals surface area contributed by atoms with E-state index in [1.54, 1.807) is 19.1 Å². The van der Waals surface area contributed by atoms with E-state index in [9.17, 15) is 19.1 Å². The number of nitrogens with zero attached hydrogens (tertiary/aromatic N) is 1. The van der Waals surface area contributed by atoms with Crippen molar-refractivity contribution in [2.24, 2.45) is 5.92 Å². The van der Waals surface area contributed by atoms with Gasteiger partial charge in [0.05, 0.1) is 12.0 Å². The fraction of sp³-hybridized carbons (Fsp3) is 0.429. The summed E-state index contributed by atoms with van der Waals surface area (Å²) in [5.74, 6) is -2.40. The molecule has 1 amide bonds. The third kappa shape index (κ3) is 2.70. The van der Waals surface area contributed by atoms with Crippen molar-refractivity contribution in [3.05, 3.63) is 34.1 Å². The number of likely N-dealkylation sites (tertiary alicyclic amines) is 1. The van der Waals surface area contributed by atoms with Gasteiger partial charge in [0.25, 0.3) is 0 Å². The lowest BCUT2D eigenvalue weighted by Gasteiger charge is -2.39. The molecule has 1 N–H and O–H groups in total. The maximum absolute atomic E-state index is 14.1. The van der Waals surface area contributed by atoms with Crippen molar-refractivity contribution in [2.45, 2.75) is 25.8 Å². The summed E-state index contributed by atoms with van der Waals surface area (Å²) in [5.41, 5.74) is 0.260. The lowest BCUT2D eigenvalue weighted by molar-refractivity contribution is -0.151. The summed E-state index contributed by atoms with van der Waals surface area (Å²) in [6.45, 7) is 2.13. The van der Waals surface area contributed by atoms with Gasteiger partial charge in [-0.05, 0) is 25.5 Å². The molecule has 2 rings (SSSR count). The van der Waals surface area contributed by atoms with Gasteiger partial charge in [0.15, 0.2) is 0 Å². The zero-order valence-corrected chi connectivity index (χ0v) is 12.6. The van der Waals surface area contributed by atoms with Gasteiger partial charge in [-0.3, -0.25) is 9.59 Å². The molecule has 1 fully saturated rings. The lowest BCUT2D eigenvalue weighted by Crippen LogP contribution is -2.45. The standard InChI is InChI=1S/C14H15BrFNO3/c1-2-17-12(18)6-5-10(14(19)20)13(17)9-4-3-8(15)7-11(9)16/h3-4,7,10,13H,2,5-6H2,1H3,(H,19,20). The Morgan fingerprint density at radius 2 is 2.25 bits per heavy atom. The molecule has 1 aromatic rings. The molecule has 2 unspecified atom stereocenters. The van der Waals surface area contributed by atoms with Crippen LogP contribution in [0.25, 0.3) is 0 Å². The highest BCUT2D eigenvalue weighted by Crippen LogP contribution is 2.38. The Kier molecular flexibility index (Phi) is 4.42. The van der Waals surface area contributed by atoms with E-state index in [1.165, 1.54) is 11.0 Å². The van der Waals surface area contributed by atoms with Gasteiger partial charge in [-0.1, -0.05) is 22.0 Å². The van der Waals surface area contributed by atoms with E-state index in [4.69, 9.17) is 0 Å². The maximum atomic E-state index is 14.1. The van der Waals surface area contributed by atoms with Crippen LogP contribution < -0.4 is 0 Å². The van der Waals surface area contributed by atoms with Gasteiger partial charge >= 0.3 is 5.97 Å². The first-order chi connectivity index (χ1) is 9.45. The molecule has 1 aliphatic heterocycles. The molecular formula is C14H15BrFNO3. The predicted octanol–water partition coefficient (Wildman–Crippen LogP) is 2.97. The quantitative estimate of drug-likeness (QED) is 0.917. The summed E-state index contributed by atoms with van der Waals surface area (Å²) in [5, 5.41) is 9.35. The lowest BCUT2D eigenvalue weighted by atomic mass is 9.84. The van der Waals surface area contributed by atoms with E-state index in [0.29, 0.717) is 11.0 Å². The van der Waals surface area contributed by atoms with Crippen LogP contribution in [0.4, 0.5) is 4.39 Å². The predicted molar refractivity (Wildman–Crippen MR) is 74.6 cm³/mol. The van der Waals surface area contributed by atoms with Crippen LogP contribution in [-0.4, -0.2) is 28.4 Å². The normalized spacial score (nSPS) is 22.9. The van der Waals surface area contributed by atoms with Crippen molar-refractivity contribution in [3.63, 3.8) is 0 Å². The van der Waals surface area contributed by atoms with E-state index >= 15 is 0 Å². The van der Waals surface area contributed by atoms with Crippen molar-refractivity contribution in [3.8, 4) is 0 Å². The van der Waals surface area contributed by atoms with Gasteiger partial charge in [-0.2, -0.15) is 0 Å². The summed E-state index contributed by atoms with van der Waals surface area (Å²) >= 11 is 3.17. The fourth-order valence-electron chi connectivity index (χ4n) is 2.71. The summed E-state index contributed by atoms with van der Waals surface area (Å²) in [6.07, 6.45) is 0.435. The number of aliphatic carboxylic acids is 1. The molecule has 0 radical (unpaired) electrons. The van der Waals surface area contributed by atoms with Gasteiger partial charge in [-0.15, -0.1) is 0 Å². The van der Waals surface area contributed by atoms with E-state index in [1.807, 2.05) is 0 Å². The first-order valence-corrected chi connectivity index (χ1v) is 7.22. The average Bonchev–Trinajstić information content (AvgIpc) is 2.38. The first kappa shape index (κ1) is 15.0. The molecule has 108 valence electrons. The van der Waals surface area contributed by atoms with Crippen LogP contribution in [0.2, 0.25) is 0 Å². The Balaban J connectivity index is 2.49. The highest BCUT2D eigenvalue weighted by atomic mass is 79.9. The second kappa shape index (κ2) is 5.91. The number of carbonyl (C=O) groups is 2. The molecule has 0 spiro atoms. The van der Waals surface area contributed by atoms with Crippen LogP contribution in [-0.2, 0) is 9.59 Å². The third-order valence-corrected chi connectivity index (χ3v) is 4.14. The van der Waals surface area contributed by atoms with Crippen molar-refractivity contribution in [1.82, 2.24) is 4.90 Å². The van der Waals surface area contributed by atoms with Crippen LogP contribution in [0, 0.1) is 11.7 Å².